The highest BCUT2D eigenvalue weighted by atomic mass is 35.5. The van der Waals surface area contributed by atoms with E-state index in [2.05, 4.69) is 5.32 Å². The summed E-state index contributed by atoms with van der Waals surface area (Å²) in [5.74, 6) is 0.00481. The molecule has 2 rings (SSSR count). The van der Waals surface area contributed by atoms with Crippen molar-refractivity contribution in [1.82, 2.24) is 5.32 Å². The fourth-order valence-electron chi connectivity index (χ4n) is 2.28. The summed E-state index contributed by atoms with van der Waals surface area (Å²) in [5.41, 5.74) is 1.51. The molecule has 1 amide bonds. The lowest BCUT2D eigenvalue weighted by atomic mass is 10.1. The van der Waals surface area contributed by atoms with Gasteiger partial charge in [-0.1, -0.05) is 35.9 Å². The van der Waals surface area contributed by atoms with Crippen molar-refractivity contribution in [3.05, 3.63) is 64.7 Å². The molecule has 0 saturated carbocycles. The van der Waals surface area contributed by atoms with Gasteiger partial charge in [0.2, 0.25) is 0 Å². The molecule has 1 N–H and O–H groups in total. The van der Waals surface area contributed by atoms with Crippen LogP contribution in [-0.4, -0.2) is 32.7 Å². The standard InChI is InChI=1S/C20H20ClNO5/c1-25-17-8-4-6-15(20(17)26-2)9-10-19(24)27-13-18(23)22-12-14-5-3-7-16(21)11-14/h3-11H,12-13H2,1-2H3,(H,22,23)/b10-9+. The normalized spacial score (nSPS) is 10.5. The lowest BCUT2D eigenvalue weighted by molar-refractivity contribution is -0.143. The van der Waals surface area contributed by atoms with Gasteiger partial charge in [-0.15, -0.1) is 0 Å². The van der Waals surface area contributed by atoms with Gasteiger partial charge in [0.05, 0.1) is 14.2 Å². The van der Waals surface area contributed by atoms with Crippen LogP contribution < -0.4 is 14.8 Å². The number of halogens is 1. The van der Waals surface area contributed by atoms with Crippen LogP contribution in [0, 0.1) is 0 Å². The zero-order chi connectivity index (χ0) is 19.6. The molecule has 0 aromatic heterocycles. The maximum absolute atomic E-state index is 11.8. The fourth-order valence-corrected chi connectivity index (χ4v) is 2.50. The molecule has 27 heavy (non-hydrogen) atoms. The van der Waals surface area contributed by atoms with Crippen molar-refractivity contribution < 1.29 is 23.8 Å². The van der Waals surface area contributed by atoms with Gasteiger partial charge in [-0.2, -0.15) is 0 Å². The third kappa shape index (κ3) is 6.34. The molecule has 0 aliphatic rings. The molecule has 0 aliphatic heterocycles. The number of rotatable bonds is 8. The van der Waals surface area contributed by atoms with Crippen molar-refractivity contribution in [1.29, 1.82) is 0 Å². The van der Waals surface area contributed by atoms with Gasteiger partial charge >= 0.3 is 5.97 Å². The van der Waals surface area contributed by atoms with Gasteiger partial charge in [0.1, 0.15) is 0 Å². The maximum Gasteiger partial charge on any atom is 0.331 e. The Labute approximate surface area is 162 Å². The van der Waals surface area contributed by atoms with Crippen molar-refractivity contribution in [2.75, 3.05) is 20.8 Å². The topological polar surface area (TPSA) is 73.9 Å². The number of hydrogen-bond acceptors (Lipinski definition) is 5. The minimum absolute atomic E-state index is 0.299. The molecular weight excluding hydrogens is 370 g/mol. The third-order valence-corrected chi connectivity index (χ3v) is 3.79. The van der Waals surface area contributed by atoms with Gasteiger partial charge in [0.15, 0.2) is 18.1 Å². The number of ether oxygens (including phenoxy) is 3. The first-order valence-corrected chi connectivity index (χ1v) is 8.48. The molecular formula is C20H20ClNO5. The van der Waals surface area contributed by atoms with E-state index >= 15 is 0 Å². The molecule has 2 aromatic rings. The second-order valence-corrected chi connectivity index (χ2v) is 5.87. The summed E-state index contributed by atoms with van der Waals surface area (Å²) in [7, 11) is 3.04. The number of methoxy groups -OCH3 is 2. The van der Waals surface area contributed by atoms with Gasteiger partial charge < -0.3 is 19.5 Å². The van der Waals surface area contributed by atoms with E-state index in [-0.39, 0.29) is 6.61 Å². The van der Waals surface area contributed by atoms with Crippen molar-refractivity contribution in [2.24, 2.45) is 0 Å². The summed E-state index contributed by atoms with van der Waals surface area (Å²) < 4.78 is 15.4. The minimum Gasteiger partial charge on any atom is -0.493 e. The number of hydrogen-bond donors (Lipinski definition) is 1. The highest BCUT2D eigenvalue weighted by molar-refractivity contribution is 6.30. The Balaban J connectivity index is 1.83. The quantitative estimate of drug-likeness (QED) is 0.554. The second-order valence-electron chi connectivity index (χ2n) is 5.43. The Morgan fingerprint density at radius 3 is 2.59 bits per heavy atom. The molecule has 0 unspecified atom stereocenters. The number of carbonyl (C=O) groups excluding carboxylic acids is 2. The molecule has 0 saturated heterocycles. The van der Waals surface area contributed by atoms with Gasteiger partial charge in [0.25, 0.3) is 5.91 Å². The van der Waals surface area contributed by atoms with E-state index in [0.717, 1.165) is 5.56 Å². The van der Waals surface area contributed by atoms with E-state index in [4.69, 9.17) is 25.8 Å². The molecule has 7 heteroatoms. The highest BCUT2D eigenvalue weighted by Gasteiger charge is 2.08. The predicted octanol–water partition coefficient (Wildman–Crippen LogP) is 3.23. The molecule has 6 nitrogen and oxygen atoms in total. The van der Waals surface area contributed by atoms with Crippen LogP contribution in [0.3, 0.4) is 0 Å². The van der Waals surface area contributed by atoms with Crippen LogP contribution in [-0.2, 0) is 20.9 Å². The molecule has 0 fully saturated rings. The van der Waals surface area contributed by atoms with E-state index in [1.807, 2.05) is 6.07 Å². The summed E-state index contributed by atoms with van der Waals surface area (Å²) in [6, 6.07) is 12.4. The van der Waals surface area contributed by atoms with Crippen LogP contribution in [0.25, 0.3) is 6.08 Å². The SMILES string of the molecule is COc1cccc(/C=C/C(=O)OCC(=O)NCc2cccc(Cl)c2)c1OC. The van der Waals surface area contributed by atoms with Gasteiger partial charge in [0, 0.05) is 23.2 Å². The first-order chi connectivity index (χ1) is 13.0. The number of esters is 1. The smallest absolute Gasteiger partial charge is 0.331 e. The highest BCUT2D eigenvalue weighted by Crippen LogP contribution is 2.31. The number of nitrogens with one attached hydrogen (secondary N) is 1. The van der Waals surface area contributed by atoms with Crippen LogP contribution in [0.1, 0.15) is 11.1 Å². The summed E-state index contributed by atoms with van der Waals surface area (Å²) in [4.78, 5) is 23.6. The molecule has 0 aliphatic carbocycles. The average Bonchev–Trinajstić information content (AvgIpc) is 2.68. The summed E-state index contributed by atoms with van der Waals surface area (Å²) in [5, 5.41) is 3.24. The van der Waals surface area contributed by atoms with E-state index in [0.29, 0.717) is 28.6 Å². The Hall–Kier alpha value is -2.99. The molecule has 2 aromatic carbocycles. The van der Waals surface area contributed by atoms with Crippen LogP contribution >= 0.6 is 11.6 Å². The molecule has 0 atom stereocenters. The number of carbonyl (C=O) groups is 2. The molecule has 0 bridgehead atoms. The lowest BCUT2D eigenvalue weighted by Gasteiger charge is -2.09. The van der Waals surface area contributed by atoms with Crippen LogP contribution in [0.2, 0.25) is 5.02 Å². The summed E-state index contributed by atoms with van der Waals surface area (Å²) in [6.07, 6.45) is 2.76. The first kappa shape index (κ1) is 20.3. The first-order valence-electron chi connectivity index (χ1n) is 8.10. The van der Waals surface area contributed by atoms with Gasteiger partial charge in [-0.25, -0.2) is 4.79 Å². The van der Waals surface area contributed by atoms with Crippen LogP contribution in [0.4, 0.5) is 0 Å². The Kier molecular flexibility index (Phi) is 7.70. The predicted molar refractivity (Wildman–Crippen MR) is 103 cm³/mol. The summed E-state index contributed by atoms with van der Waals surface area (Å²) >= 11 is 5.88. The lowest BCUT2D eigenvalue weighted by Crippen LogP contribution is -2.28. The molecule has 142 valence electrons. The average molecular weight is 390 g/mol. The van der Waals surface area contributed by atoms with E-state index in [9.17, 15) is 9.59 Å². The monoisotopic (exact) mass is 389 g/mol. The van der Waals surface area contributed by atoms with E-state index in [1.54, 1.807) is 36.4 Å². The van der Waals surface area contributed by atoms with Crippen molar-refractivity contribution >= 4 is 29.6 Å². The number of benzene rings is 2. The molecule has 0 heterocycles. The Morgan fingerprint density at radius 1 is 1.11 bits per heavy atom. The molecule has 0 spiro atoms. The number of para-hydroxylation sites is 1. The molecule has 0 radical (unpaired) electrons. The van der Waals surface area contributed by atoms with Gasteiger partial charge in [-0.05, 0) is 29.8 Å². The minimum atomic E-state index is -0.641. The zero-order valence-electron chi connectivity index (χ0n) is 15.0. The van der Waals surface area contributed by atoms with Crippen molar-refractivity contribution in [3.63, 3.8) is 0 Å². The zero-order valence-corrected chi connectivity index (χ0v) is 15.8. The van der Waals surface area contributed by atoms with Crippen molar-refractivity contribution in [3.8, 4) is 11.5 Å². The van der Waals surface area contributed by atoms with E-state index in [1.165, 1.54) is 26.4 Å². The summed E-state index contributed by atoms with van der Waals surface area (Å²) in [6.45, 7) is -0.0766. The maximum atomic E-state index is 11.8. The van der Waals surface area contributed by atoms with E-state index < -0.39 is 11.9 Å². The Bertz CT molecular complexity index is 835. The fraction of sp³-hybridized carbons (Fsp3) is 0.200. The third-order valence-electron chi connectivity index (χ3n) is 3.56. The number of amides is 1. The second kappa shape index (κ2) is 10.2. The largest absolute Gasteiger partial charge is 0.493 e. The van der Waals surface area contributed by atoms with Crippen LogP contribution in [0.15, 0.2) is 48.5 Å². The Morgan fingerprint density at radius 2 is 1.89 bits per heavy atom. The van der Waals surface area contributed by atoms with Gasteiger partial charge in [-0.3, -0.25) is 4.79 Å². The van der Waals surface area contributed by atoms with Crippen molar-refractivity contribution in [2.45, 2.75) is 6.54 Å². The van der Waals surface area contributed by atoms with Crippen LogP contribution in [0.5, 0.6) is 11.5 Å².